The molecule has 4 heteroatoms. The molecular formula is C12H12FNO2. The first-order chi connectivity index (χ1) is 7.69. The average molecular weight is 221 g/mol. The number of hydrogen-bond donors (Lipinski definition) is 1. The van der Waals surface area contributed by atoms with E-state index in [2.05, 4.69) is 17.2 Å². The molecule has 0 bridgehead atoms. The van der Waals surface area contributed by atoms with Crippen LogP contribution in [0.4, 0.5) is 4.39 Å². The van der Waals surface area contributed by atoms with E-state index in [1.807, 2.05) is 0 Å². The van der Waals surface area contributed by atoms with Gasteiger partial charge in [0, 0.05) is 6.07 Å². The van der Waals surface area contributed by atoms with E-state index in [4.69, 9.17) is 4.74 Å². The third kappa shape index (κ3) is 2.99. The van der Waals surface area contributed by atoms with Gasteiger partial charge >= 0.3 is 0 Å². The van der Waals surface area contributed by atoms with E-state index in [9.17, 15) is 9.18 Å². The maximum absolute atomic E-state index is 13.4. The van der Waals surface area contributed by atoms with Crippen molar-refractivity contribution in [2.24, 2.45) is 0 Å². The molecule has 0 aliphatic rings. The highest BCUT2D eigenvalue weighted by Crippen LogP contribution is 2.15. The zero-order valence-corrected chi connectivity index (χ0v) is 9.13. The number of halogens is 1. The second-order valence-corrected chi connectivity index (χ2v) is 2.96. The van der Waals surface area contributed by atoms with Crippen LogP contribution in [-0.4, -0.2) is 19.6 Å². The summed E-state index contributed by atoms with van der Waals surface area (Å²) >= 11 is 0. The number of carbonyl (C=O) groups excluding carboxylic acids is 1. The topological polar surface area (TPSA) is 38.3 Å². The lowest BCUT2D eigenvalue weighted by Crippen LogP contribution is -2.24. The molecule has 1 aromatic rings. The normalized spacial score (nSPS) is 8.94. The summed E-state index contributed by atoms with van der Waals surface area (Å²) < 4.78 is 18.3. The Morgan fingerprint density at radius 1 is 1.56 bits per heavy atom. The van der Waals surface area contributed by atoms with Crippen molar-refractivity contribution in [3.05, 3.63) is 29.6 Å². The molecule has 16 heavy (non-hydrogen) atoms. The molecule has 0 aliphatic carbocycles. The Morgan fingerprint density at radius 3 is 2.88 bits per heavy atom. The largest absolute Gasteiger partial charge is 0.497 e. The van der Waals surface area contributed by atoms with E-state index in [1.54, 1.807) is 6.92 Å². The quantitative estimate of drug-likeness (QED) is 0.787. The van der Waals surface area contributed by atoms with Crippen molar-refractivity contribution in [2.75, 3.05) is 13.7 Å². The summed E-state index contributed by atoms with van der Waals surface area (Å²) in [6, 6.07) is 4.08. The van der Waals surface area contributed by atoms with Crippen LogP contribution in [-0.2, 0) is 0 Å². The molecule has 0 atom stereocenters. The van der Waals surface area contributed by atoms with Crippen molar-refractivity contribution >= 4 is 5.91 Å². The van der Waals surface area contributed by atoms with Gasteiger partial charge in [-0.3, -0.25) is 4.79 Å². The fraction of sp³-hybridized carbons (Fsp3) is 0.250. The summed E-state index contributed by atoms with van der Waals surface area (Å²) in [6.07, 6.45) is 0. The molecular weight excluding hydrogens is 209 g/mol. The fourth-order valence-corrected chi connectivity index (χ4v) is 1.12. The highest BCUT2D eigenvalue weighted by molar-refractivity contribution is 5.94. The minimum Gasteiger partial charge on any atom is -0.497 e. The van der Waals surface area contributed by atoms with Crippen molar-refractivity contribution in [1.82, 2.24) is 5.32 Å². The third-order valence-electron chi connectivity index (χ3n) is 1.93. The molecule has 0 saturated carbocycles. The standard InChI is InChI=1S/C12H12FNO2/c1-3-4-7-14-12(15)10-6-5-9(16-2)8-11(10)13/h5-6,8H,7H2,1-2H3,(H,14,15). The molecule has 84 valence electrons. The van der Waals surface area contributed by atoms with E-state index in [0.29, 0.717) is 5.75 Å². The van der Waals surface area contributed by atoms with Gasteiger partial charge in [-0.15, -0.1) is 5.92 Å². The minimum absolute atomic E-state index is 0.0151. The van der Waals surface area contributed by atoms with E-state index in [0.717, 1.165) is 0 Å². The number of hydrogen-bond acceptors (Lipinski definition) is 2. The zero-order chi connectivity index (χ0) is 12.0. The molecule has 0 aromatic heterocycles. The van der Waals surface area contributed by atoms with Gasteiger partial charge < -0.3 is 10.1 Å². The third-order valence-corrected chi connectivity index (χ3v) is 1.93. The summed E-state index contributed by atoms with van der Waals surface area (Å²) in [4.78, 5) is 11.5. The van der Waals surface area contributed by atoms with Gasteiger partial charge in [0.2, 0.25) is 0 Å². The highest BCUT2D eigenvalue weighted by atomic mass is 19.1. The number of benzene rings is 1. The van der Waals surface area contributed by atoms with Crippen LogP contribution < -0.4 is 10.1 Å². The number of nitrogens with one attached hydrogen (secondary N) is 1. The first-order valence-electron chi connectivity index (χ1n) is 4.70. The maximum Gasteiger partial charge on any atom is 0.255 e. The number of rotatable bonds is 3. The predicted octanol–water partition coefficient (Wildman–Crippen LogP) is 1.59. The Morgan fingerprint density at radius 2 is 2.31 bits per heavy atom. The van der Waals surface area contributed by atoms with E-state index >= 15 is 0 Å². The van der Waals surface area contributed by atoms with Crippen molar-refractivity contribution < 1.29 is 13.9 Å². The summed E-state index contributed by atoms with van der Waals surface area (Å²) in [6.45, 7) is 1.88. The molecule has 0 heterocycles. The summed E-state index contributed by atoms with van der Waals surface area (Å²) in [5, 5.41) is 2.48. The van der Waals surface area contributed by atoms with Crippen LogP contribution in [0.1, 0.15) is 17.3 Å². The van der Waals surface area contributed by atoms with Gasteiger partial charge in [-0.1, -0.05) is 5.92 Å². The maximum atomic E-state index is 13.4. The second-order valence-electron chi connectivity index (χ2n) is 2.96. The molecule has 0 unspecified atom stereocenters. The van der Waals surface area contributed by atoms with Crippen LogP contribution in [0.2, 0.25) is 0 Å². The number of ether oxygens (including phenoxy) is 1. The van der Waals surface area contributed by atoms with Crippen LogP contribution in [0.25, 0.3) is 0 Å². The number of carbonyl (C=O) groups is 1. The van der Waals surface area contributed by atoms with Crippen molar-refractivity contribution in [1.29, 1.82) is 0 Å². The van der Waals surface area contributed by atoms with Crippen LogP contribution in [0.3, 0.4) is 0 Å². The Labute approximate surface area is 93.6 Å². The molecule has 1 aromatic carbocycles. The first kappa shape index (κ1) is 12.1. The van der Waals surface area contributed by atoms with Crippen LogP contribution >= 0.6 is 0 Å². The first-order valence-corrected chi connectivity index (χ1v) is 4.70. The summed E-state index contributed by atoms with van der Waals surface area (Å²) in [5.74, 6) is 4.57. The van der Waals surface area contributed by atoms with Crippen LogP contribution in [0, 0.1) is 17.7 Å². The molecule has 1 N–H and O–H groups in total. The molecule has 3 nitrogen and oxygen atoms in total. The molecule has 1 rings (SSSR count). The summed E-state index contributed by atoms with van der Waals surface area (Å²) in [7, 11) is 1.44. The molecule has 0 saturated heterocycles. The lowest BCUT2D eigenvalue weighted by molar-refractivity contribution is 0.0954. The van der Waals surface area contributed by atoms with Crippen molar-refractivity contribution in [3.63, 3.8) is 0 Å². The van der Waals surface area contributed by atoms with Gasteiger partial charge in [-0.05, 0) is 19.1 Å². The lowest BCUT2D eigenvalue weighted by Gasteiger charge is -2.05. The Bertz CT molecular complexity index is 446. The predicted molar refractivity (Wildman–Crippen MR) is 58.7 cm³/mol. The van der Waals surface area contributed by atoms with Gasteiger partial charge in [-0.25, -0.2) is 4.39 Å². The molecule has 1 amide bonds. The Balaban J connectivity index is 2.78. The second kappa shape index (κ2) is 5.76. The monoisotopic (exact) mass is 221 g/mol. The number of amides is 1. The van der Waals surface area contributed by atoms with E-state index < -0.39 is 11.7 Å². The molecule has 0 fully saturated rings. The smallest absolute Gasteiger partial charge is 0.255 e. The van der Waals surface area contributed by atoms with E-state index in [1.165, 1.54) is 25.3 Å². The van der Waals surface area contributed by atoms with Gasteiger partial charge in [0.25, 0.3) is 5.91 Å². The number of methoxy groups -OCH3 is 1. The average Bonchev–Trinajstić information content (AvgIpc) is 2.29. The molecule has 0 aliphatic heterocycles. The van der Waals surface area contributed by atoms with Crippen LogP contribution in [0.15, 0.2) is 18.2 Å². The van der Waals surface area contributed by atoms with E-state index in [-0.39, 0.29) is 12.1 Å². The molecule has 0 radical (unpaired) electrons. The van der Waals surface area contributed by atoms with Gasteiger partial charge in [0.1, 0.15) is 11.6 Å². The van der Waals surface area contributed by atoms with Gasteiger partial charge in [0.05, 0.1) is 19.2 Å². The van der Waals surface area contributed by atoms with Crippen molar-refractivity contribution in [3.8, 4) is 17.6 Å². The lowest BCUT2D eigenvalue weighted by atomic mass is 10.2. The highest BCUT2D eigenvalue weighted by Gasteiger charge is 2.11. The van der Waals surface area contributed by atoms with Crippen LogP contribution in [0.5, 0.6) is 5.75 Å². The Kier molecular flexibility index (Phi) is 4.34. The Hall–Kier alpha value is -2.02. The van der Waals surface area contributed by atoms with Gasteiger partial charge in [-0.2, -0.15) is 0 Å². The van der Waals surface area contributed by atoms with Gasteiger partial charge in [0.15, 0.2) is 0 Å². The fourth-order valence-electron chi connectivity index (χ4n) is 1.12. The summed E-state index contributed by atoms with van der Waals surface area (Å²) in [5.41, 5.74) is -0.0151. The SMILES string of the molecule is CC#CCNC(=O)c1ccc(OC)cc1F. The minimum atomic E-state index is -0.610. The zero-order valence-electron chi connectivity index (χ0n) is 9.13. The molecule has 0 spiro atoms. The van der Waals surface area contributed by atoms with Crippen molar-refractivity contribution in [2.45, 2.75) is 6.92 Å².